The van der Waals surface area contributed by atoms with Gasteiger partial charge < -0.3 is 20.3 Å². The molecule has 0 saturated carbocycles. The number of carboxylic acid groups (broad SMARTS) is 1. The Hall–Kier alpha value is -4.93. The van der Waals surface area contributed by atoms with E-state index in [1.807, 2.05) is 18.4 Å². The molecule has 0 saturated heterocycles. The standard InChI is InChI=1S/C25H21FN6O4/c1-14(2)32-13-27-31-22(32)20-4-3-5-21(29-20)30-24(34)18-12-17(10-11-19(18)26)28-23(33)15-6-8-16(9-7-15)25(35)36/h3-14H,1-2H3,(H,28,33)(H,35,36)(H,29,30,34). The van der Waals surface area contributed by atoms with Crippen molar-refractivity contribution in [1.82, 2.24) is 19.7 Å². The lowest BCUT2D eigenvalue weighted by Gasteiger charge is -2.11. The number of aromatic nitrogens is 4. The minimum absolute atomic E-state index is 0.0365. The van der Waals surface area contributed by atoms with Gasteiger partial charge in [0.1, 0.15) is 23.7 Å². The maximum absolute atomic E-state index is 14.5. The van der Waals surface area contributed by atoms with Crippen molar-refractivity contribution in [2.45, 2.75) is 19.9 Å². The molecule has 2 aromatic heterocycles. The number of hydrogen-bond donors (Lipinski definition) is 3. The van der Waals surface area contributed by atoms with Crippen molar-refractivity contribution >= 4 is 29.3 Å². The Morgan fingerprint density at radius 2 is 1.67 bits per heavy atom. The normalized spacial score (nSPS) is 10.8. The number of nitrogens with zero attached hydrogens (tertiary/aromatic N) is 4. The van der Waals surface area contributed by atoms with Crippen molar-refractivity contribution in [2.24, 2.45) is 0 Å². The number of carboxylic acids is 1. The maximum Gasteiger partial charge on any atom is 0.335 e. The summed E-state index contributed by atoms with van der Waals surface area (Å²) in [7, 11) is 0. The van der Waals surface area contributed by atoms with Gasteiger partial charge in [0, 0.05) is 17.3 Å². The molecule has 0 radical (unpaired) electrons. The molecular formula is C25H21FN6O4. The van der Waals surface area contributed by atoms with Crippen LogP contribution in [0.15, 0.2) is 67.0 Å². The van der Waals surface area contributed by atoms with Crippen LogP contribution >= 0.6 is 0 Å². The third-order valence-electron chi connectivity index (χ3n) is 5.21. The second-order valence-electron chi connectivity index (χ2n) is 8.05. The van der Waals surface area contributed by atoms with Gasteiger partial charge in [-0.3, -0.25) is 9.59 Å². The third-order valence-corrected chi connectivity index (χ3v) is 5.21. The fraction of sp³-hybridized carbons (Fsp3) is 0.120. The maximum atomic E-state index is 14.5. The first-order valence-electron chi connectivity index (χ1n) is 10.9. The molecule has 11 heteroatoms. The van der Waals surface area contributed by atoms with Crippen LogP contribution in [0, 0.1) is 5.82 Å². The first-order valence-corrected chi connectivity index (χ1v) is 10.9. The molecule has 0 spiro atoms. The van der Waals surface area contributed by atoms with E-state index in [4.69, 9.17) is 5.11 Å². The number of hydrogen-bond acceptors (Lipinski definition) is 6. The van der Waals surface area contributed by atoms with Gasteiger partial charge in [-0.05, 0) is 68.4 Å². The SMILES string of the molecule is CC(C)n1cnnc1-c1cccc(NC(=O)c2cc(NC(=O)c3ccc(C(=O)O)cc3)ccc2F)n1. The van der Waals surface area contributed by atoms with Crippen LogP contribution in [0.2, 0.25) is 0 Å². The number of rotatable bonds is 7. The van der Waals surface area contributed by atoms with Gasteiger partial charge in [0.25, 0.3) is 11.8 Å². The topological polar surface area (TPSA) is 139 Å². The van der Waals surface area contributed by atoms with Crippen molar-refractivity contribution in [3.63, 3.8) is 0 Å². The molecule has 4 rings (SSSR count). The minimum Gasteiger partial charge on any atom is -0.478 e. The van der Waals surface area contributed by atoms with Gasteiger partial charge in [0.2, 0.25) is 0 Å². The van der Waals surface area contributed by atoms with Gasteiger partial charge in [0.15, 0.2) is 5.82 Å². The number of halogens is 1. The van der Waals surface area contributed by atoms with Crippen LogP contribution in [0.4, 0.5) is 15.9 Å². The highest BCUT2D eigenvalue weighted by Crippen LogP contribution is 2.21. The molecule has 0 bridgehead atoms. The van der Waals surface area contributed by atoms with Gasteiger partial charge in [-0.2, -0.15) is 0 Å². The van der Waals surface area contributed by atoms with Gasteiger partial charge in [-0.15, -0.1) is 10.2 Å². The molecule has 182 valence electrons. The lowest BCUT2D eigenvalue weighted by Crippen LogP contribution is -2.17. The third kappa shape index (κ3) is 5.25. The molecule has 3 N–H and O–H groups in total. The van der Waals surface area contributed by atoms with E-state index >= 15 is 0 Å². The quantitative estimate of drug-likeness (QED) is 0.353. The molecule has 10 nitrogen and oxygen atoms in total. The summed E-state index contributed by atoms with van der Waals surface area (Å²) < 4.78 is 16.3. The summed E-state index contributed by atoms with van der Waals surface area (Å²) in [5, 5.41) is 22.1. The monoisotopic (exact) mass is 488 g/mol. The summed E-state index contributed by atoms with van der Waals surface area (Å²) >= 11 is 0. The summed E-state index contributed by atoms with van der Waals surface area (Å²) in [6.45, 7) is 3.94. The van der Waals surface area contributed by atoms with Crippen molar-refractivity contribution < 1.29 is 23.9 Å². The number of carbonyl (C=O) groups excluding carboxylic acids is 2. The minimum atomic E-state index is -1.11. The lowest BCUT2D eigenvalue weighted by molar-refractivity contribution is 0.0696. The number of aromatic carboxylic acids is 1. The Kier molecular flexibility index (Phi) is 6.81. The van der Waals surface area contributed by atoms with Crippen LogP contribution in [0.5, 0.6) is 0 Å². The van der Waals surface area contributed by atoms with Gasteiger partial charge in [-0.1, -0.05) is 6.07 Å². The predicted octanol–water partition coefficient (Wildman–Crippen LogP) is 4.26. The molecule has 2 heterocycles. The number of pyridine rings is 1. The van der Waals surface area contributed by atoms with Gasteiger partial charge in [0.05, 0.1) is 11.1 Å². The van der Waals surface area contributed by atoms with Crippen molar-refractivity contribution in [3.8, 4) is 11.5 Å². The molecule has 2 amide bonds. The second kappa shape index (κ2) is 10.1. The van der Waals surface area contributed by atoms with E-state index in [0.717, 1.165) is 6.07 Å². The molecule has 0 atom stereocenters. The number of nitrogens with one attached hydrogen (secondary N) is 2. The fourth-order valence-electron chi connectivity index (χ4n) is 3.36. The molecule has 4 aromatic rings. The molecule has 0 aliphatic heterocycles. The number of carbonyl (C=O) groups is 3. The Morgan fingerprint density at radius 3 is 2.36 bits per heavy atom. The Labute approximate surface area is 204 Å². The zero-order chi connectivity index (χ0) is 25.8. The van der Waals surface area contributed by atoms with Crippen LogP contribution < -0.4 is 10.6 Å². The lowest BCUT2D eigenvalue weighted by atomic mass is 10.1. The number of amides is 2. The van der Waals surface area contributed by atoms with E-state index in [2.05, 4.69) is 25.8 Å². The van der Waals surface area contributed by atoms with E-state index in [1.165, 1.54) is 36.4 Å². The van der Waals surface area contributed by atoms with Crippen LogP contribution in [0.25, 0.3) is 11.5 Å². The van der Waals surface area contributed by atoms with Crippen LogP contribution in [-0.4, -0.2) is 42.6 Å². The largest absolute Gasteiger partial charge is 0.478 e. The highest BCUT2D eigenvalue weighted by molar-refractivity contribution is 6.07. The summed E-state index contributed by atoms with van der Waals surface area (Å²) in [6, 6.07) is 13.9. The van der Waals surface area contributed by atoms with Crippen LogP contribution in [0.1, 0.15) is 51.0 Å². The molecular weight excluding hydrogens is 467 g/mol. The fourth-order valence-corrected chi connectivity index (χ4v) is 3.36. The molecule has 0 unspecified atom stereocenters. The zero-order valence-corrected chi connectivity index (χ0v) is 19.3. The van der Waals surface area contributed by atoms with Crippen molar-refractivity contribution in [2.75, 3.05) is 10.6 Å². The van der Waals surface area contributed by atoms with Gasteiger partial charge in [-0.25, -0.2) is 14.2 Å². The smallest absolute Gasteiger partial charge is 0.335 e. The van der Waals surface area contributed by atoms with Crippen LogP contribution in [0.3, 0.4) is 0 Å². The van der Waals surface area contributed by atoms with E-state index in [1.54, 1.807) is 24.5 Å². The first kappa shape index (κ1) is 24.2. The Morgan fingerprint density at radius 1 is 0.944 bits per heavy atom. The summed E-state index contributed by atoms with van der Waals surface area (Å²) in [5.41, 5.74) is 0.599. The molecule has 0 fully saturated rings. The molecule has 2 aromatic carbocycles. The Bertz CT molecular complexity index is 1450. The highest BCUT2D eigenvalue weighted by atomic mass is 19.1. The number of benzene rings is 2. The molecule has 0 aliphatic rings. The summed E-state index contributed by atoms with van der Waals surface area (Å²) in [6.07, 6.45) is 1.59. The van der Waals surface area contributed by atoms with Crippen LogP contribution in [-0.2, 0) is 0 Å². The average Bonchev–Trinajstić information content (AvgIpc) is 3.36. The summed E-state index contributed by atoms with van der Waals surface area (Å²) in [5.74, 6) is -2.50. The van der Waals surface area contributed by atoms with Gasteiger partial charge >= 0.3 is 5.97 Å². The Balaban J connectivity index is 1.51. The highest BCUT2D eigenvalue weighted by Gasteiger charge is 2.17. The number of anilines is 2. The molecule has 36 heavy (non-hydrogen) atoms. The first-order chi connectivity index (χ1) is 17.2. The van der Waals surface area contributed by atoms with Crippen molar-refractivity contribution in [3.05, 3.63) is 89.5 Å². The summed E-state index contributed by atoms with van der Waals surface area (Å²) in [4.78, 5) is 40.7. The van der Waals surface area contributed by atoms with E-state index in [0.29, 0.717) is 11.5 Å². The van der Waals surface area contributed by atoms with E-state index in [9.17, 15) is 18.8 Å². The predicted molar refractivity (Wildman–Crippen MR) is 129 cm³/mol. The van der Waals surface area contributed by atoms with E-state index < -0.39 is 23.6 Å². The van der Waals surface area contributed by atoms with Crippen molar-refractivity contribution in [1.29, 1.82) is 0 Å². The second-order valence-corrected chi connectivity index (χ2v) is 8.05. The zero-order valence-electron chi connectivity index (χ0n) is 19.3. The molecule has 0 aliphatic carbocycles. The average molecular weight is 488 g/mol. The van der Waals surface area contributed by atoms with E-state index in [-0.39, 0.29) is 34.2 Å².